The van der Waals surface area contributed by atoms with Crippen molar-refractivity contribution in [2.24, 2.45) is 0 Å². The fraction of sp³-hybridized carbons (Fsp3) is 0.500. The van der Waals surface area contributed by atoms with Crippen LogP contribution in [0.4, 0.5) is 24.9 Å². The molecule has 0 bridgehead atoms. The molecule has 2 unspecified atom stereocenters. The molecule has 32 heavy (non-hydrogen) atoms. The number of hydrogen-bond acceptors (Lipinski definition) is 6. The summed E-state index contributed by atoms with van der Waals surface area (Å²) < 4.78 is 48.5. The van der Waals surface area contributed by atoms with Crippen LogP contribution in [0.1, 0.15) is 30.6 Å². The number of nitrogens with zero attached hydrogens (tertiary/aromatic N) is 4. The van der Waals surface area contributed by atoms with Crippen LogP contribution in [0.5, 0.6) is 0 Å². The summed E-state index contributed by atoms with van der Waals surface area (Å²) in [5.41, 5.74) is -0.131. The van der Waals surface area contributed by atoms with Crippen molar-refractivity contribution in [3.05, 3.63) is 52.3 Å². The van der Waals surface area contributed by atoms with Crippen molar-refractivity contribution in [1.29, 1.82) is 0 Å². The number of rotatable bonds is 4. The second-order valence-corrected chi connectivity index (χ2v) is 8.31. The fourth-order valence-electron chi connectivity index (χ4n) is 4.44. The Morgan fingerprint density at radius 1 is 1.16 bits per heavy atom. The molecule has 0 spiro atoms. The van der Waals surface area contributed by atoms with E-state index in [1.165, 1.54) is 10.6 Å². The van der Waals surface area contributed by atoms with Crippen molar-refractivity contribution >= 4 is 17.5 Å². The second-order valence-electron chi connectivity index (χ2n) is 8.31. The number of Topliss-reactive ketones (excluding diaryl/α,β-unsaturated/α-hetero) is 1. The van der Waals surface area contributed by atoms with E-state index in [4.69, 9.17) is 4.74 Å². The Morgan fingerprint density at radius 2 is 1.81 bits per heavy atom. The summed E-state index contributed by atoms with van der Waals surface area (Å²) >= 11 is 0. The molecule has 0 radical (unpaired) electrons. The first kappa shape index (κ1) is 22.3. The largest absolute Gasteiger partial charge is 0.408 e. The lowest BCUT2D eigenvalue weighted by Gasteiger charge is -2.42. The Hall–Kier alpha value is -2.88. The predicted octanol–water partition coefficient (Wildman–Crippen LogP) is 2.88. The number of alkyl halides is 3. The molecule has 2 aromatic rings. The number of aromatic nitrogens is 2. The molecule has 2 aliphatic rings. The van der Waals surface area contributed by atoms with Crippen molar-refractivity contribution in [2.45, 2.75) is 51.1 Å². The van der Waals surface area contributed by atoms with Gasteiger partial charge in [-0.2, -0.15) is 18.2 Å². The van der Waals surface area contributed by atoms with Crippen LogP contribution in [0.2, 0.25) is 0 Å². The van der Waals surface area contributed by atoms with Gasteiger partial charge in [0.15, 0.2) is 5.78 Å². The lowest BCUT2D eigenvalue weighted by Crippen LogP contribution is -2.55. The van der Waals surface area contributed by atoms with Crippen molar-refractivity contribution in [3.8, 4) is 0 Å². The lowest BCUT2D eigenvalue weighted by molar-refractivity contribution is -0.152. The van der Waals surface area contributed by atoms with Crippen molar-refractivity contribution < 1.29 is 22.7 Å². The van der Waals surface area contributed by atoms with Crippen LogP contribution >= 0.6 is 0 Å². The van der Waals surface area contributed by atoms with Crippen LogP contribution in [0, 0.1) is 0 Å². The van der Waals surface area contributed by atoms with Gasteiger partial charge in [-0.3, -0.25) is 14.2 Å². The van der Waals surface area contributed by atoms with E-state index in [0.717, 1.165) is 4.90 Å². The Labute approximate surface area is 183 Å². The summed E-state index contributed by atoms with van der Waals surface area (Å²) in [4.78, 5) is 33.0. The third-order valence-electron chi connectivity index (χ3n) is 5.95. The zero-order valence-electron chi connectivity index (χ0n) is 17.9. The maximum atomic E-state index is 13.9. The number of carbonyl (C=O) groups excluding carboxylic acids is 1. The van der Waals surface area contributed by atoms with E-state index in [0.29, 0.717) is 24.6 Å². The minimum atomic E-state index is -4.57. The highest BCUT2D eigenvalue weighted by atomic mass is 19.4. The Balaban J connectivity index is 1.78. The smallest absolute Gasteiger partial charge is 0.377 e. The molecule has 172 valence electrons. The predicted molar refractivity (Wildman–Crippen MR) is 113 cm³/mol. The van der Waals surface area contributed by atoms with Crippen molar-refractivity contribution in [1.82, 2.24) is 9.55 Å². The number of carbonyl (C=O) groups is 1. The van der Waals surface area contributed by atoms with Crippen LogP contribution in [-0.4, -0.2) is 59.4 Å². The normalized spacial score (nSPS) is 23.7. The summed E-state index contributed by atoms with van der Waals surface area (Å²) in [5, 5.41) is 0. The molecular weight excluding hydrogens is 425 g/mol. The summed E-state index contributed by atoms with van der Waals surface area (Å²) in [6.07, 6.45) is -4.90. The average molecular weight is 450 g/mol. The van der Waals surface area contributed by atoms with Gasteiger partial charge >= 0.3 is 6.18 Å². The Morgan fingerprint density at radius 3 is 2.44 bits per heavy atom. The third kappa shape index (κ3) is 4.23. The minimum Gasteiger partial charge on any atom is -0.377 e. The summed E-state index contributed by atoms with van der Waals surface area (Å²) in [6.45, 7) is 4.01. The molecule has 3 atom stereocenters. The standard InChI is InChI=1S/C22H25F3N4O3/c1-14-12-32-13-15(2)29(14)19-10-20(31)27-9-8-18(22(23,24)25)28(21(27)26-19)11-17(30)16-6-4-3-5-7-16/h3-7,10,14-15,18H,8-9,11-13H2,1-2H3/t14-,15?,18?/m1/s1. The van der Waals surface area contributed by atoms with Gasteiger partial charge in [0.05, 0.1) is 31.8 Å². The molecule has 0 amide bonds. The molecule has 7 nitrogen and oxygen atoms in total. The minimum absolute atomic E-state index is 0.102. The van der Waals surface area contributed by atoms with Gasteiger partial charge in [-0.05, 0) is 20.3 Å². The molecule has 0 aliphatic carbocycles. The molecular formula is C22H25F3N4O3. The monoisotopic (exact) mass is 450 g/mol. The molecule has 4 rings (SSSR count). The van der Waals surface area contributed by atoms with Crippen molar-refractivity contribution in [2.75, 3.05) is 29.6 Å². The van der Waals surface area contributed by atoms with Gasteiger partial charge in [-0.15, -0.1) is 0 Å². The van der Waals surface area contributed by atoms with Gasteiger partial charge < -0.3 is 14.5 Å². The van der Waals surface area contributed by atoms with E-state index in [1.807, 2.05) is 18.7 Å². The van der Waals surface area contributed by atoms with Crippen LogP contribution in [-0.2, 0) is 11.3 Å². The molecule has 1 aromatic heterocycles. The molecule has 10 heteroatoms. The molecule has 0 saturated carbocycles. The topological polar surface area (TPSA) is 67.7 Å². The summed E-state index contributed by atoms with van der Waals surface area (Å²) in [5.74, 6) is -0.304. The number of hydrogen-bond donors (Lipinski definition) is 0. The van der Waals surface area contributed by atoms with Gasteiger partial charge in [0.25, 0.3) is 5.56 Å². The highest BCUT2D eigenvalue weighted by Crippen LogP contribution is 2.35. The Kier molecular flexibility index (Phi) is 5.98. The fourth-order valence-corrected chi connectivity index (χ4v) is 4.44. The first-order valence-electron chi connectivity index (χ1n) is 10.6. The van der Waals surface area contributed by atoms with Crippen LogP contribution in [0.25, 0.3) is 0 Å². The quantitative estimate of drug-likeness (QED) is 0.668. The highest BCUT2D eigenvalue weighted by molar-refractivity contribution is 5.99. The third-order valence-corrected chi connectivity index (χ3v) is 5.95. The maximum absolute atomic E-state index is 13.9. The Bertz CT molecular complexity index is 1030. The number of halogens is 3. The van der Waals surface area contributed by atoms with Crippen molar-refractivity contribution in [3.63, 3.8) is 0 Å². The summed E-state index contributed by atoms with van der Waals surface area (Å²) in [6, 6.07) is 7.39. The SMILES string of the molecule is CC1COC[C@@H](C)N1c1cc(=O)n2c(n1)N(CC(=O)c1ccccc1)C(C(F)(F)F)CC2. The van der Waals surface area contributed by atoms with Crippen LogP contribution in [0.3, 0.4) is 0 Å². The number of anilines is 2. The van der Waals surface area contributed by atoms with E-state index in [2.05, 4.69) is 4.98 Å². The van der Waals surface area contributed by atoms with Gasteiger partial charge in [0.1, 0.15) is 11.9 Å². The molecule has 1 fully saturated rings. The zero-order chi connectivity index (χ0) is 23.0. The number of ketones is 1. The maximum Gasteiger partial charge on any atom is 0.408 e. The second kappa shape index (κ2) is 8.57. The lowest BCUT2D eigenvalue weighted by atomic mass is 10.1. The molecule has 2 aliphatic heterocycles. The number of fused-ring (bicyclic) bond motifs is 1. The van der Waals surface area contributed by atoms with E-state index in [-0.39, 0.29) is 31.0 Å². The number of ether oxygens (including phenoxy) is 1. The first-order valence-corrected chi connectivity index (χ1v) is 10.6. The number of morpholine rings is 1. The van der Waals surface area contributed by atoms with E-state index < -0.39 is 30.1 Å². The highest BCUT2D eigenvalue weighted by Gasteiger charge is 2.47. The van der Waals surface area contributed by atoms with Gasteiger partial charge in [0, 0.05) is 18.2 Å². The van der Waals surface area contributed by atoms with Gasteiger partial charge in [-0.1, -0.05) is 30.3 Å². The average Bonchev–Trinajstić information content (AvgIpc) is 2.74. The van der Waals surface area contributed by atoms with Gasteiger partial charge in [-0.25, -0.2) is 0 Å². The molecule has 3 heterocycles. The van der Waals surface area contributed by atoms with E-state index in [1.54, 1.807) is 30.3 Å². The summed E-state index contributed by atoms with van der Waals surface area (Å²) in [7, 11) is 0. The molecule has 0 N–H and O–H groups in total. The molecule has 1 saturated heterocycles. The van der Waals surface area contributed by atoms with Gasteiger partial charge in [0.2, 0.25) is 5.95 Å². The molecule has 1 aromatic carbocycles. The number of benzene rings is 1. The zero-order valence-corrected chi connectivity index (χ0v) is 17.9. The van der Waals surface area contributed by atoms with Crippen LogP contribution in [0.15, 0.2) is 41.2 Å². The van der Waals surface area contributed by atoms with E-state index in [9.17, 15) is 22.8 Å². The van der Waals surface area contributed by atoms with Crippen LogP contribution < -0.4 is 15.4 Å². The van der Waals surface area contributed by atoms with E-state index >= 15 is 0 Å². The first-order chi connectivity index (χ1) is 15.2.